The zero-order valence-corrected chi connectivity index (χ0v) is 15.4. The number of carbonyl (C=O) groups excluding carboxylic acids is 1. The number of hydrogen-bond donors (Lipinski definition) is 1. The fourth-order valence-electron chi connectivity index (χ4n) is 2.91. The highest BCUT2D eigenvalue weighted by atomic mass is 35.5. The Morgan fingerprint density at radius 1 is 1.24 bits per heavy atom. The quantitative estimate of drug-likeness (QED) is 0.625. The first-order valence-corrected chi connectivity index (χ1v) is 8.88. The minimum absolute atomic E-state index is 0.0227. The molecule has 0 aliphatic carbocycles. The lowest BCUT2D eigenvalue weighted by Gasteiger charge is -2.15. The number of fused-ring (bicyclic) bond motifs is 1. The van der Waals surface area contributed by atoms with Gasteiger partial charge in [-0.15, -0.1) is 0 Å². The molecule has 0 bridgehead atoms. The van der Waals surface area contributed by atoms with E-state index in [0.29, 0.717) is 22.0 Å². The van der Waals surface area contributed by atoms with Crippen molar-refractivity contribution in [1.82, 2.24) is 4.98 Å². The van der Waals surface area contributed by atoms with Crippen LogP contribution in [0.4, 0.5) is 5.69 Å². The lowest BCUT2D eigenvalue weighted by atomic mass is 10.0. The van der Waals surface area contributed by atoms with E-state index in [1.54, 1.807) is 12.1 Å². The molecule has 0 saturated carbocycles. The first-order chi connectivity index (χ1) is 12.0. The number of anilines is 1. The van der Waals surface area contributed by atoms with Gasteiger partial charge in [0, 0.05) is 22.2 Å². The normalized spacial score (nSPS) is 11.2. The summed E-state index contributed by atoms with van der Waals surface area (Å²) in [7, 11) is 0. The largest absolute Gasteiger partial charge is 0.436 e. The van der Waals surface area contributed by atoms with Crippen molar-refractivity contribution in [3.63, 3.8) is 0 Å². The number of nitrogens with zero attached hydrogens (tertiary/aromatic N) is 1. The minimum Gasteiger partial charge on any atom is -0.436 e. The Morgan fingerprint density at radius 3 is 2.72 bits per heavy atom. The van der Waals surface area contributed by atoms with Gasteiger partial charge in [0.15, 0.2) is 5.58 Å². The molecule has 0 saturated heterocycles. The van der Waals surface area contributed by atoms with Gasteiger partial charge in [0.05, 0.1) is 0 Å². The Hall–Kier alpha value is -2.33. The summed E-state index contributed by atoms with van der Waals surface area (Å²) in [6.07, 6.45) is 1.65. The highest BCUT2D eigenvalue weighted by molar-refractivity contribution is 6.31. The van der Waals surface area contributed by atoms with Crippen LogP contribution in [0.25, 0.3) is 22.6 Å². The van der Waals surface area contributed by atoms with E-state index in [4.69, 9.17) is 16.0 Å². The van der Waals surface area contributed by atoms with Crippen molar-refractivity contribution in [2.75, 3.05) is 5.32 Å². The fraction of sp³-hybridized carbons (Fsp3) is 0.300. The highest BCUT2D eigenvalue weighted by Crippen LogP contribution is 2.31. The molecule has 1 amide bonds. The van der Waals surface area contributed by atoms with Crippen LogP contribution in [0, 0.1) is 12.8 Å². The zero-order valence-electron chi connectivity index (χ0n) is 14.6. The number of amides is 1. The number of carbonyl (C=O) groups is 1. The van der Waals surface area contributed by atoms with Gasteiger partial charge < -0.3 is 9.73 Å². The van der Waals surface area contributed by atoms with Gasteiger partial charge in [-0.3, -0.25) is 4.79 Å². The van der Waals surface area contributed by atoms with E-state index >= 15 is 0 Å². The molecule has 1 N–H and O–H groups in total. The Labute approximate surface area is 152 Å². The van der Waals surface area contributed by atoms with Crippen LogP contribution in [0.3, 0.4) is 0 Å². The minimum atomic E-state index is 0.0227. The zero-order chi connectivity index (χ0) is 18.0. The Kier molecular flexibility index (Phi) is 5.09. The lowest BCUT2D eigenvalue weighted by Crippen LogP contribution is -2.22. The second-order valence-corrected chi connectivity index (χ2v) is 6.55. The van der Waals surface area contributed by atoms with Gasteiger partial charge >= 0.3 is 0 Å². The third kappa shape index (κ3) is 3.54. The van der Waals surface area contributed by atoms with Crippen molar-refractivity contribution < 1.29 is 9.21 Å². The monoisotopic (exact) mass is 356 g/mol. The summed E-state index contributed by atoms with van der Waals surface area (Å²) in [5.74, 6) is 0.595. The molecule has 0 unspecified atom stereocenters. The van der Waals surface area contributed by atoms with Gasteiger partial charge in [-0.1, -0.05) is 31.5 Å². The van der Waals surface area contributed by atoms with Crippen molar-refractivity contribution in [3.8, 4) is 11.5 Å². The van der Waals surface area contributed by atoms with E-state index in [1.807, 2.05) is 45.0 Å². The maximum Gasteiger partial charge on any atom is 0.227 e. The first kappa shape index (κ1) is 17.5. The standard InChI is InChI=1S/C20H21ClN2O2/c1-4-13(5-2)19(24)22-16-8-6-7-15(12(16)3)20-23-17-11-14(21)9-10-18(17)25-20/h6-11,13H,4-5H2,1-3H3,(H,22,24). The summed E-state index contributed by atoms with van der Waals surface area (Å²) in [5.41, 5.74) is 3.97. The molecular formula is C20H21ClN2O2. The summed E-state index contributed by atoms with van der Waals surface area (Å²) in [6, 6.07) is 11.1. The number of rotatable bonds is 5. The van der Waals surface area contributed by atoms with E-state index in [-0.39, 0.29) is 11.8 Å². The van der Waals surface area contributed by atoms with E-state index in [1.165, 1.54) is 0 Å². The molecule has 3 aromatic rings. The molecule has 0 spiro atoms. The number of hydrogen-bond acceptors (Lipinski definition) is 3. The Balaban J connectivity index is 1.96. The molecule has 0 atom stereocenters. The van der Waals surface area contributed by atoms with Crippen molar-refractivity contribution in [3.05, 3.63) is 47.0 Å². The molecule has 130 valence electrons. The number of nitrogens with one attached hydrogen (secondary N) is 1. The predicted octanol–water partition coefficient (Wildman–Crippen LogP) is 5.83. The van der Waals surface area contributed by atoms with Gasteiger partial charge in [-0.25, -0.2) is 4.98 Å². The average molecular weight is 357 g/mol. The smallest absolute Gasteiger partial charge is 0.227 e. The molecule has 3 rings (SSSR count). The summed E-state index contributed by atoms with van der Waals surface area (Å²) >= 11 is 6.02. The third-order valence-corrected chi connectivity index (χ3v) is 4.76. The molecule has 25 heavy (non-hydrogen) atoms. The van der Waals surface area contributed by atoms with E-state index in [2.05, 4.69) is 10.3 Å². The lowest BCUT2D eigenvalue weighted by molar-refractivity contribution is -0.120. The molecule has 1 heterocycles. The Bertz CT molecular complexity index is 913. The molecule has 1 aromatic heterocycles. The molecule has 2 aromatic carbocycles. The van der Waals surface area contributed by atoms with Gasteiger partial charge in [0.25, 0.3) is 0 Å². The van der Waals surface area contributed by atoms with Crippen LogP contribution in [0.15, 0.2) is 40.8 Å². The summed E-state index contributed by atoms with van der Waals surface area (Å²) < 4.78 is 5.86. The van der Waals surface area contributed by atoms with Crippen LogP contribution in [0.1, 0.15) is 32.3 Å². The maximum atomic E-state index is 12.4. The molecule has 0 aliphatic heterocycles. The highest BCUT2D eigenvalue weighted by Gasteiger charge is 2.17. The number of halogens is 1. The SMILES string of the molecule is CCC(CC)C(=O)Nc1cccc(-c2nc3cc(Cl)ccc3o2)c1C. The van der Waals surface area contributed by atoms with Crippen molar-refractivity contribution in [1.29, 1.82) is 0 Å². The van der Waals surface area contributed by atoms with Gasteiger partial charge in [0.1, 0.15) is 5.52 Å². The second-order valence-electron chi connectivity index (χ2n) is 6.11. The van der Waals surface area contributed by atoms with Crippen LogP contribution in [-0.2, 0) is 4.79 Å². The molecule has 4 nitrogen and oxygen atoms in total. The second kappa shape index (κ2) is 7.28. The summed E-state index contributed by atoms with van der Waals surface area (Å²) in [5, 5.41) is 3.66. The summed E-state index contributed by atoms with van der Waals surface area (Å²) in [4.78, 5) is 16.9. The maximum absolute atomic E-state index is 12.4. The van der Waals surface area contributed by atoms with Gasteiger partial charge in [-0.2, -0.15) is 0 Å². The van der Waals surface area contributed by atoms with Crippen molar-refractivity contribution >= 4 is 34.3 Å². The van der Waals surface area contributed by atoms with Crippen LogP contribution >= 0.6 is 11.6 Å². The topological polar surface area (TPSA) is 55.1 Å². The molecule has 5 heteroatoms. The Morgan fingerprint density at radius 2 is 2.00 bits per heavy atom. The van der Waals surface area contributed by atoms with Crippen LogP contribution in [-0.4, -0.2) is 10.9 Å². The van der Waals surface area contributed by atoms with Crippen molar-refractivity contribution in [2.24, 2.45) is 5.92 Å². The van der Waals surface area contributed by atoms with E-state index in [9.17, 15) is 4.79 Å². The summed E-state index contributed by atoms with van der Waals surface area (Å²) in [6.45, 7) is 6.01. The van der Waals surface area contributed by atoms with Gasteiger partial charge in [0.2, 0.25) is 11.8 Å². The number of oxazole rings is 1. The van der Waals surface area contributed by atoms with Crippen LogP contribution in [0.5, 0.6) is 0 Å². The predicted molar refractivity (Wildman–Crippen MR) is 102 cm³/mol. The number of aromatic nitrogens is 1. The number of benzene rings is 2. The van der Waals surface area contributed by atoms with Crippen LogP contribution in [0.2, 0.25) is 5.02 Å². The van der Waals surface area contributed by atoms with E-state index < -0.39 is 0 Å². The average Bonchev–Trinajstić information content (AvgIpc) is 3.00. The molecule has 0 fully saturated rings. The molecule has 0 radical (unpaired) electrons. The molecule has 0 aliphatic rings. The van der Waals surface area contributed by atoms with Gasteiger partial charge in [-0.05, 0) is 55.7 Å². The first-order valence-electron chi connectivity index (χ1n) is 8.50. The van der Waals surface area contributed by atoms with Crippen LogP contribution < -0.4 is 5.32 Å². The fourth-order valence-corrected chi connectivity index (χ4v) is 3.08. The van der Waals surface area contributed by atoms with Crippen molar-refractivity contribution in [2.45, 2.75) is 33.6 Å². The van der Waals surface area contributed by atoms with E-state index in [0.717, 1.165) is 29.7 Å². The third-order valence-electron chi connectivity index (χ3n) is 4.53. The molecular weight excluding hydrogens is 336 g/mol.